The zero-order valence-electron chi connectivity index (χ0n) is 8.77. The first-order valence-electron chi connectivity index (χ1n) is 4.68. The van der Waals surface area contributed by atoms with Crippen molar-refractivity contribution in [2.75, 3.05) is 5.73 Å². The smallest absolute Gasteiger partial charge is 0.126 e. The molecule has 2 heterocycles. The standard InChI is InChI=1S/C11H13N3O/c1-8(6-9-4-3-5-15-9)10-7-11(12)14(2)13-10/h3-7H,12H2,1-2H3/b8-6-. The largest absolute Gasteiger partial charge is 0.465 e. The van der Waals surface area contributed by atoms with Crippen LogP contribution in [0.25, 0.3) is 11.6 Å². The van der Waals surface area contributed by atoms with Gasteiger partial charge in [-0.25, -0.2) is 0 Å². The quantitative estimate of drug-likeness (QED) is 0.813. The summed E-state index contributed by atoms with van der Waals surface area (Å²) in [6.07, 6.45) is 3.58. The van der Waals surface area contributed by atoms with Crippen molar-refractivity contribution in [3.05, 3.63) is 35.9 Å². The third-order valence-corrected chi connectivity index (χ3v) is 2.22. The first kappa shape index (κ1) is 9.58. The summed E-state index contributed by atoms with van der Waals surface area (Å²) in [5.41, 5.74) is 7.59. The minimum atomic E-state index is 0.650. The molecule has 0 fully saturated rings. The van der Waals surface area contributed by atoms with Crippen LogP contribution >= 0.6 is 0 Å². The minimum Gasteiger partial charge on any atom is -0.465 e. The summed E-state index contributed by atoms with van der Waals surface area (Å²) >= 11 is 0. The second kappa shape index (κ2) is 3.65. The average molecular weight is 203 g/mol. The van der Waals surface area contributed by atoms with E-state index in [2.05, 4.69) is 5.10 Å². The van der Waals surface area contributed by atoms with Crippen molar-refractivity contribution < 1.29 is 4.42 Å². The number of nitrogen functional groups attached to an aromatic ring is 1. The predicted molar refractivity (Wildman–Crippen MR) is 59.9 cm³/mol. The highest BCUT2D eigenvalue weighted by molar-refractivity contribution is 5.77. The van der Waals surface area contributed by atoms with Gasteiger partial charge in [-0.1, -0.05) is 0 Å². The molecule has 2 aromatic heterocycles. The minimum absolute atomic E-state index is 0.650. The van der Waals surface area contributed by atoms with Crippen molar-refractivity contribution in [1.29, 1.82) is 0 Å². The SMILES string of the molecule is C/C(=C/c1ccco1)c1cc(N)n(C)n1. The highest BCUT2D eigenvalue weighted by Crippen LogP contribution is 2.18. The Bertz CT molecular complexity index is 460. The Morgan fingerprint density at radius 1 is 1.60 bits per heavy atom. The van der Waals surface area contributed by atoms with E-state index in [4.69, 9.17) is 10.2 Å². The van der Waals surface area contributed by atoms with Crippen LogP contribution in [-0.4, -0.2) is 9.78 Å². The summed E-state index contributed by atoms with van der Waals surface area (Å²) in [5.74, 6) is 1.47. The average Bonchev–Trinajstić information content (AvgIpc) is 2.78. The molecule has 0 aliphatic carbocycles. The Morgan fingerprint density at radius 3 is 2.93 bits per heavy atom. The van der Waals surface area contributed by atoms with E-state index >= 15 is 0 Å². The lowest BCUT2D eigenvalue weighted by Gasteiger charge is -1.93. The van der Waals surface area contributed by atoms with Gasteiger partial charge in [0, 0.05) is 13.1 Å². The van der Waals surface area contributed by atoms with Crippen LogP contribution in [0.5, 0.6) is 0 Å². The lowest BCUT2D eigenvalue weighted by atomic mass is 10.2. The lowest BCUT2D eigenvalue weighted by molar-refractivity contribution is 0.557. The molecule has 2 N–H and O–H groups in total. The van der Waals surface area contributed by atoms with E-state index in [9.17, 15) is 0 Å². The van der Waals surface area contributed by atoms with E-state index < -0.39 is 0 Å². The van der Waals surface area contributed by atoms with Gasteiger partial charge < -0.3 is 10.2 Å². The molecular weight excluding hydrogens is 190 g/mol. The van der Waals surface area contributed by atoms with Crippen molar-refractivity contribution in [2.24, 2.45) is 7.05 Å². The number of aromatic nitrogens is 2. The molecule has 0 spiro atoms. The van der Waals surface area contributed by atoms with Gasteiger partial charge in [-0.3, -0.25) is 4.68 Å². The fourth-order valence-electron chi connectivity index (χ4n) is 1.34. The van der Waals surface area contributed by atoms with Gasteiger partial charge in [-0.2, -0.15) is 5.10 Å². The van der Waals surface area contributed by atoms with Crippen LogP contribution in [0.2, 0.25) is 0 Å². The maximum atomic E-state index is 5.70. The van der Waals surface area contributed by atoms with Gasteiger partial charge in [-0.05, 0) is 30.7 Å². The Kier molecular flexibility index (Phi) is 2.33. The second-order valence-corrected chi connectivity index (χ2v) is 3.42. The van der Waals surface area contributed by atoms with Crippen LogP contribution in [0, 0.1) is 0 Å². The summed E-state index contributed by atoms with van der Waals surface area (Å²) in [6, 6.07) is 5.59. The van der Waals surface area contributed by atoms with Crippen molar-refractivity contribution in [3.8, 4) is 0 Å². The van der Waals surface area contributed by atoms with Crippen molar-refractivity contribution in [1.82, 2.24) is 9.78 Å². The number of rotatable bonds is 2. The number of nitrogens with zero attached hydrogens (tertiary/aromatic N) is 2. The molecule has 2 rings (SSSR count). The van der Waals surface area contributed by atoms with E-state index in [1.165, 1.54) is 0 Å². The van der Waals surface area contributed by atoms with Crippen LogP contribution in [0.4, 0.5) is 5.82 Å². The van der Waals surface area contributed by atoms with Crippen molar-refractivity contribution in [3.63, 3.8) is 0 Å². The van der Waals surface area contributed by atoms with E-state index in [-0.39, 0.29) is 0 Å². The molecule has 0 atom stereocenters. The molecule has 0 saturated carbocycles. The Balaban J connectivity index is 2.32. The van der Waals surface area contributed by atoms with E-state index in [1.807, 2.05) is 38.2 Å². The second-order valence-electron chi connectivity index (χ2n) is 3.42. The molecule has 2 aromatic rings. The molecule has 0 bridgehead atoms. The molecule has 0 radical (unpaired) electrons. The number of allylic oxidation sites excluding steroid dienone is 1. The van der Waals surface area contributed by atoms with E-state index in [0.29, 0.717) is 5.82 Å². The number of nitrogens with two attached hydrogens (primary N) is 1. The third-order valence-electron chi connectivity index (χ3n) is 2.22. The maximum absolute atomic E-state index is 5.70. The number of furan rings is 1. The summed E-state index contributed by atoms with van der Waals surface area (Å²) in [7, 11) is 1.82. The van der Waals surface area contributed by atoms with E-state index in [0.717, 1.165) is 17.0 Å². The number of hydrogen-bond donors (Lipinski definition) is 1. The summed E-state index contributed by atoms with van der Waals surface area (Å²) in [6.45, 7) is 1.98. The van der Waals surface area contributed by atoms with Gasteiger partial charge >= 0.3 is 0 Å². The normalized spacial score (nSPS) is 12.0. The van der Waals surface area contributed by atoms with Gasteiger partial charge in [0.15, 0.2) is 0 Å². The van der Waals surface area contributed by atoms with Crippen LogP contribution in [0.15, 0.2) is 28.9 Å². The molecule has 15 heavy (non-hydrogen) atoms. The summed E-state index contributed by atoms with van der Waals surface area (Å²) in [4.78, 5) is 0. The first-order valence-corrected chi connectivity index (χ1v) is 4.68. The highest BCUT2D eigenvalue weighted by Gasteiger charge is 2.04. The van der Waals surface area contributed by atoms with Gasteiger partial charge in [-0.15, -0.1) is 0 Å². The van der Waals surface area contributed by atoms with Crippen LogP contribution < -0.4 is 5.73 Å². The Labute approximate surface area is 88.0 Å². The van der Waals surface area contributed by atoms with Crippen LogP contribution in [-0.2, 0) is 7.05 Å². The zero-order valence-corrected chi connectivity index (χ0v) is 8.77. The van der Waals surface area contributed by atoms with Crippen LogP contribution in [0.1, 0.15) is 18.4 Å². The van der Waals surface area contributed by atoms with Gasteiger partial charge in [0.2, 0.25) is 0 Å². The summed E-state index contributed by atoms with van der Waals surface area (Å²) < 4.78 is 6.87. The topological polar surface area (TPSA) is 57.0 Å². The molecule has 78 valence electrons. The lowest BCUT2D eigenvalue weighted by Crippen LogP contribution is -1.96. The fourth-order valence-corrected chi connectivity index (χ4v) is 1.34. The van der Waals surface area contributed by atoms with Crippen molar-refractivity contribution in [2.45, 2.75) is 6.92 Å². The maximum Gasteiger partial charge on any atom is 0.126 e. The molecule has 0 aromatic carbocycles. The fraction of sp³-hybridized carbons (Fsp3) is 0.182. The molecule has 0 aliphatic rings. The predicted octanol–water partition coefficient (Wildman–Crippen LogP) is 2.16. The number of aryl methyl sites for hydroxylation is 1. The number of anilines is 1. The molecule has 4 nitrogen and oxygen atoms in total. The Morgan fingerprint density at radius 2 is 2.40 bits per heavy atom. The third kappa shape index (κ3) is 1.93. The molecule has 0 unspecified atom stereocenters. The van der Waals surface area contributed by atoms with E-state index in [1.54, 1.807) is 10.9 Å². The monoisotopic (exact) mass is 203 g/mol. The van der Waals surface area contributed by atoms with Crippen molar-refractivity contribution >= 4 is 17.5 Å². The molecule has 0 amide bonds. The first-order chi connectivity index (χ1) is 7.16. The molecular formula is C11H13N3O. The zero-order chi connectivity index (χ0) is 10.8. The summed E-state index contributed by atoms with van der Waals surface area (Å²) in [5, 5.41) is 4.27. The highest BCUT2D eigenvalue weighted by atomic mass is 16.3. The molecule has 0 saturated heterocycles. The van der Waals surface area contributed by atoms with Gasteiger partial charge in [0.25, 0.3) is 0 Å². The van der Waals surface area contributed by atoms with Gasteiger partial charge in [0.1, 0.15) is 11.6 Å². The number of hydrogen-bond acceptors (Lipinski definition) is 3. The molecule has 0 aliphatic heterocycles. The Hall–Kier alpha value is -1.97. The molecule has 4 heteroatoms. The van der Waals surface area contributed by atoms with Gasteiger partial charge in [0.05, 0.1) is 12.0 Å². The van der Waals surface area contributed by atoms with Crippen LogP contribution in [0.3, 0.4) is 0 Å².